The molecule has 6 rings (SSSR count). The Morgan fingerprint density at radius 3 is 2.63 bits per heavy atom. The highest BCUT2D eigenvalue weighted by Crippen LogP contribution is 2.30. The van der Waals surface area contributed by atoms with Crippen molar-refractivity contribution in [1.82, 2.24) is 24.4 Å². The number of carbonyl (C=O) groups excluding carboxylic acids is 1. The first kappa shape index (κ1) is 28.9. The largest absolute Gasteiger partial charge is 0.483 e. The number of hydrogen-bond donors (Lipinski definition) is 0. The van der Waals surface area contributed by atoms with Crippen molar-refractivity contribution in [3.63, 3.8) is 0 Å². The fraction of sp³-hybridized carbons (Fsp3) is 0.419. The predicted octanol–water partition coefficient (Wildman–Crippen LogP) is 4.86. The van der Waals surface area contributed by atoms with E-state index in [1.807, 2.05) is 12.1 Å². The van der Waals surface area contributed by atoms with Gasteiger partial charge in [0.25, 0.3) is 0 Å². The first-order chi connectivity index (χ1) is 20.9. The predicted molar refractivity (Wildman–Crippen MR) is 152 cm³/mol. The van der Waals surface area contributed by atoms with Gasteiger partial charge in [0, 0.05) is 38.0 Å². The topological polar surface area (TPSA) is 101 Å². The Balaban J connectivity index is 1.10. The van der Waals surface area contributed by atoms with Crippen LogP contribution in [0, 0.1) is 11.6 Å². The van der Waals surface area contributed by atoms with E-state index < -0.39 is 11.6 Å². The van der Waals surface area contributed by atoms with Gasteiger partial charge in [0.05, 0.1) is 42.4 Å². The second-order valence-corrected chi connectivity index (χ2v) is 10.8. The molecule has 0 N–H and O–H groups in total. The lowest BCUT2D eigenvalue weighted by Crippen LogP contribution is -2.41. The summed E-state index contributed by atoms with van der Waals surface area (Å²) in [6.45, 7) is 5.11. The Kier molecular flexibility index (Phi) is 8.48. The SMILES string of the molecule is COC(=O)c1ccc2nc(C(C)N3CCC(Oc4ccnc(COc5ccc(F)cc5F)n4)CC3)n(CC3CCO3)c2c1. The van der Waals surface area contributed by atoms with Gasteiger partial charge < -0.3 is 23.5 Å². The lowest BCUT2D eigenvalue weighted by atomic mass is 10.1. The normalized spacial score (nSPS) is 18.3. The molecular formula is C31H33F2N5O5. The molecular weight excluding hydrogens is 560 g/mol. The summed E-state index contributed by atoms with van der Waals surface area (Å²) in [4.78, 5) is 28.2. The highest BCUT2D eigenvalue weighted by atomic mass is 19.1. The van der Waals surface area contributed by atoms with Crippen LogP contribution in [-0.4, -0.2) is 69.4 Å². The standard InChI is InChI=1S/C31H33F2N5O5/c1-19(30-35-25-5-3-20(31(39)40-2)15-26(25)38(30)17-23-10-14-41-23)37-12-8-22(9-13-37)43-29-7-11-34-28(36-29)18-42-27-6-4-21(32)16-24(27)33/h3-7,11,15-16,19,22-23H,8-10,12-14,17-18H2,1-2H3. The quantitative estimate of drug-likeness (QED) is 0.239. The fourth-order valence-electron chi connectivity index (χ4n) is 5.49. The minimum absolute atomic E-state index is 0.0321. The minimum atomic E-state index is -0.786. The van der Waals surface area contributed by atoms with E-state index >= 15 is 0 Å². The molecule has 2 aromatic carbocycles. The number of esters is 1. The van der Waals surface area contributed by atoms with Crippen molar-refractivity contribution in [1.29, 1.82) is 0 Å². The molecule has 10 nitrogen and oxygen atoms in total. The van der Waals surface area contributed by atoms with Crippen LogP contribution in [0.2, 0.25) is 0 Å². The summed E-state index contributed by atoms with van der Waals surface area (Å²) in [6, 6.07) is 10.3. The van der Waals surface area contributed by atoms with Crippen molar-refractivity contribution in [3.05, 3.63) is 77.5 Å². The van der Waals surface area contributed by atoms with Gasteiger partial charge >= 0.3 is 5.97 Å². The van der Waals surface area contributed by atoms with E-state index in [1.54, 1.807) is 18.3 Å². The van der Waals surface area contributed by atoms with Crippen LogP contribution in [0.1, 0.15) is 54.2 Å². The first-order valence-corrected chi connectivity index (χ1v) is 14.4. The second kappa shape index (κ2) is 12.6. The van der Waals surface area contributed by atoms with Gasteiger partial charge in [-0.3, -0.25) is 4.90 Å². The van der Waals surface area contributed by atoms with E-state index in [0.717, 1.165) is 67.9 Å². The maximum atomic E-state index is 13.9. The van der Waals surface area contributed by atoms with E-state index in [-0.39, 0.29) is 36.6 Å². The van der Waals surface area contributed by atoms with Gasteiger partial charge in [-0.05, 0) is 56.5 Å². The second-order valence-electron chi connectivity index (χ2n) is 10.8. The van der Waals surface area contributed by atoms with Crippen LogP contribution < -0.4 is 9.47 Å². The van der Waals surface area contributed by atoms with Gasteiger partial charge in [-0.1, -0.05) is 0 Å². The van der Waals surface area contributed by atoms with Gasteiger partial charge in [0.15, 0.2) is 17.4 Å². The zero-order valence-corrected chi connectivity index (χ0v) is 24.0. The summed E-state index contributed by atoms with van der Waals surface area (Å²) in [5.41, 5.74) is 2.21. The highest BCUT2D eigenvalue weighted by molar-refractivity contribution is 5.93. The maximum absolute atomic E-state index is 13.9. The number of fused-ring (bicyclic) bond motifs is 1. The third-order valence-corrected chi connectivity index (χ3v) is 7.99. The molecule has 2 atom stereocenters. The molecule has 0 aliphatic carbocycles. The molecule has 0 amide bonds. The summed E-state index contributed by atoms with van der Waals surface area (Å²) in [5.74, 6) is -0.226. The fourth-order valence-corrected chi connectivity index (χ4v) is 5.49. The van der Waals surface area contributed by atoms with Crippen molar-refractivity contribution in [2.24, 2.45) is 0 Å². The van der Waals surface area contributed by atoms with Crippen molar-refractivity contribution < 1.29 is 32.5 Å². The highest BCUT2D eigenvalue weighted by Gasteiger charge is 2.30. The lowest BCUT2D eigenvalue weighted by molar-refractivity contribution is -0.0595. The van der Waals surface area contributed by atoms with Crippen LogP contribution in [0.3, 0.4) is 0 Å². The average Bonchev–Trinajstić information content (AvgIpc) is 3.36. The van der Waals surface area contributed by atoms with Crippen molar-refractivity contribution in [3.8, 4) is 11.6 Å². The number of methoxy groups -OCH3 is 1. The molecule has 2 saturated heterocycles. The van der Waals surface area contributed by atoms with Crippen LogP contribution >= 0.6 is 0 Å². The number of hydrogen-bond acceptors (Lipinski definition) is 9. The van der Waals surface area contributed by atoms with Crippen molar-refractivity contribution in [2.75, 3.05) is 26.8 Å². The number of nitrogens with zero attached hydrogens (tertiary/aromatic N) is 5. The molecule has 4 aromatic rings. The lowest BCUT2D eigenvalue weighted by Gasteiger charge is -2.36. The number of aromatic nitrogens is 4. The number of halogens is 2. The van der Waals surface area contributed by atoms with Gasteiger partial charge in [0.1, 0.15) is 24.4 Å². The number of piperidine rings is 1. The van der Waals surface area contributed by atoms with E-state index in [4.69, 9.17) is 23.9 Å². The van der Waals surface area contributed by atoms with Crippen molar-refractivity contribution in [2.45, 2.75) is 57.6 Å². The van der Waals surface area contributed by atoms with Crippen LogP contribution in [-0.2, 0) is 22.6 Å². The van der Waals surface area contributed by atoms with Gasteiger partial charge in [-0.25, -0.2) is 23.5 Å². The number of rotatable bonds is 10. The Labute approximate surface area is 247 Å². The minimum Gasteiger partial charge on any atom is -0.483 e. The Hall–Kier alpha value is -4.16. The molecule has 0 bridgehead atoms. The van der Waals surface area contributed by atoms with Gasteiger partial charge in [-0.15, -0.1) is 0 Å². The zero-order valence-electron chi connectivity index (χ0n) is 24.0. The van der Waals surface area contributed by atoms with E-state index in [1.165, 1.54) is 13.2 Å². The van der Waals surface area contributed by atoms with Crippen LogP contribution in [0.15, 0.2) is 48.7 Å². The Morgan fingerprint density at radius 1 is 1.09 bits per heavy atom. The Bertz CT molecular complexity index is 1600. The third-order valence-electron chi connectivity index (χ3n) is 7.99. The van der Waals surface area contributed by atoms with E-state index in [2.05, 4.69) is 26.4 Å². The summed E-state index contributed by atoms with van der Waals surface area (Å²) >= 11 is 0. The van der Waals surface area contributed by atoms with Crippen molar-refractivity contribution >= 4 is 17.0 Å². The summed E-state index contributed by atoms with van der Waals surface area (Å²) in [6.07, 6.45) is 4.24. The molecule has 0 radical (unpaired) electrons. The van der Waals surface area contributed by atoms with E-state index in [0.29, 0.717) is 23.8 Å². The number of benzene rings is 2. The molecule has 2 fully saturated rings. The molecule has 12 heteroatoms. The zero-order chi connectivity index (χ0) is 29.9. The van der Waals surface area contributed by atoms with Gasteiger partial charge in [-0.2, -0.15) is 4.98 Å². The molecule has 43 heavy (non-hydrogen) atoms. The average molecular weight is 594 g/mol. The number of likely N-dealkylation sites (tertiary alicyclic amines) is 1. The molecule has 2 unspecified atom stereocenters. The van der Waals surface area contributed by atoms with Gasteiger partial charge in [0.2, 0.25) is 5.88 Å². The molecule has 0 spiro atoms. The molecule has 0 saturated carbocycles. The molecule has 2 aliphatic heterocycles. The molecule has 2 aromatic heterocycles. The maximum Gasteiger partial charge on any atom is 0.337 e. The molecule has 4 heterocycles. The first-order valence-electron chi connectivity index (χ1n) is 14.4. The number of ether oxygens (including phenoxy) is 4. The molecule has 226 valence electrons. The number of imidazole rings is 1. The number of carbonyl (C=O) groups is 1. The Morgan fingerprint density at radius 2 is 1.91 bits per heavy atom. The van der Waals surface area contributed by atoms with Crippen LogP contribution in [0.5, 0.6) is 11.6 Å². The van der Waals surface area contributed by atoms with Crippen LogP contribution in [0.4, 0.5) is 8.78 Å². The summed E-state index contributed by atoms with van der Waals surface area (Å²) in [5, 5.41) is 0. The monoisotopic (exact) mass is 593 g/mol. The smallest absolute Gasteiger partial charge is 0.337 e. The summed E-state index contributed by atoms with van der Waals surface area (Å²) < 4.78 is 51.5. The third kappa shape index (κ3) is 6.45. The van der Waals surface area contributed by atoms with E-state index in [9.17, 15) is 13.6 Å². The van der Waals surface area contributed by atoms with Crippen LogP contribution in [0.25, 0.3) is 11.0 Å². The molecule has 2 aliphatic rings. The summed E-state index contributed by atoms with van der Waals surface area (Å²) in [7, 11) is 1.38.